The van der Waals surface area contributed by atoms with Crippen LogP contribution >= 0.6 is 0 Å². The third-order valence-corrected chi connectivity index (χ3v) is 11.6. The molecule has 0 unspecified atom stereocenters. The van der Waals surface area contributed by atoms with Gasteiger partial charge in [0, 0.05) is 13.0 Å². The summed E-state index contributed by atoms with van der Waals surface area (Å²) in [5, 5.41) is 21.4. The summed E-state index contributed by atoms with van der Waals surface area (Å²) in [6.07, 6.45) is 0.982. The molecule has 2 N–H and O–H groups in total. The van der Waals surface area contributed by atoms with Crippen molar-refractivity contribution in [2.24, 2.45) is 0 Å². The SMILES string of the molecule is C=C1C[C@H](C[C@@H](O)CC(=O)O)O[C@@H](CCO[Si](c2ccccc2)(c2ccccc2)C(C)(C)C)C1. The molecule has 0 saturated carbocycles. The Hall–Kier alpha value is -2.25. The number of ether oxygens (including phenoxy) is 1. The van der Waals surface area contributed by atoms with Gasteiger partial charge < -0.3 is 19.4 Å². The lowest BCUT2D eigenvalue weighted by molar-refractivity contribution is -0.140. The Morgan fingerprint density at radius 2 is 1.59 bits per heavy atom. The van der Waals surface area contributed by atoms with Crippen LogP contribution in [0.1, 0.15) is 52.9 Å². The van der Waals surface area contributed by atoms with Crippen LogP contribution in [0.3, 0.4) is 0 Å². The van der Waals surface area contributed by atoms with Gasteiger partial charge in [0.25, 0.3) is 8.32 Å². The molecule has 5 nitrogen and oxygen atoms in total. The summed E-state index contributed by atoms with van der Waals surface area (Å²) in [6.45, 7) is 11.5. The van der Waals surface area contributed by atoms with Crippen molar-refractivity contribution >= 4 is 24.7 Å². The molecule has 1 fully saturated rings. The molecule has 6 heteroatoms. The third kappa shape index (κ3) is 6.45. The molecule has 1 heterocycles. The molecule has 3 rings (SSSR count). The second kappa shape index (κ2) is 11.4. The van der Waals surface area contributed by atoms with E-state index in [1.807, 2.05) is 12.1 Å². The van der Waals surface area contributed by atoms with Crippen LogP contribution in [0.15, 0.2) is 72.8 Å². The van der Waals surface area contributed by atoms with E-state index in [0.29, 0.717) is 19.4 Å². The van der Waals surface area contributed by atoms with Crippen molar-refractivity contribution in [3.63, 3.8) is 0 Å². The molecule has 0 aliphatic carbocycles. The Bertz CT molecular complexity index is 899. The van der Waals surface area contributed by atoms with Crippen molar-refractivity contribution in [3.8, 4) is 0 Å². The molecule has 2 aromatic rings. The van der Waals surface area contributed by atoms with Gasteiger partial charge in [0.15, 0.2) is 0 Å². The summed E-state index contributed by atoms with van der Waals surface area (Å²) in [4.78, 5) is 10.9. The molecule has 1 aliphatic rings. The highest BCUT2D eigenvalue weighted by Crippen LogP contribution is 2.37. The lowest BCUT2D eigenvalue weighted by atomic mass is 9.94. The summed E-state index contributed by atoms with van der Waals surface area (Å²) in [7, 11) is -2.60. The number of aliphatic hydroxyl groups is 1. The summed E-state index contributed by atoms with van der Waals surface area (Å²) in [5.41, 5.74) is 1.08. The Morgan fingerprint density at radius 1 is 1.06 bits per heavy atom. The smallest absolute Gasteiger partial charge is 0.305 e. The number of aliphatic hydroxyl groups excluding tert-OH is 1. The Balaban J connectivity index is 1.76. The molecule has 0 aromatic heterocycles. The largest absolute Gasteiger partial charge is 0.481 e. The van der Waals surface area contributed by atoms with Crippen LogP contribution in [-0.2, 0) is 14.0 Å². The number of carboxylic acids is 1. The van der Waals surface area contributed by atoms with E-state index in [4.69, 9.17) is 14.3 Å². The van der Waals surface area contributed by atoms with E-state index in [9.17, 15) is 9.90 Å². The molecule has 0 radical (unpaired) electrons. The highest BCUT2D eigenvalue weighted by Gasteiger charge is 2.50. The number of carbonyl (C=O) groups is 1. The van der Waals surface area contributed by atoms with Crippen molar-refractivity contribution < 1.29 is 24.2 Å². The highest BCUT2D eigenvalue weighted by atomic mass is 28.4. The normalized spacial score (nSPS) is 20.2. The van der Waals surface area contributed by atoms with Gasteiger partial charge in [-0.05, 0) is 34.7 Å². The van der Waals surface area contributed by atoms with Crippen molar-refractivity contribution in [2.75, 3.05) is 6.61 Å². The fourth-order valence-corrected chi connectivity index (χ4v) is 9.68. The van der Waals surface area contributed by atoms with Crippen molar-refractivity contribution in [2.45, 2.75) is 76.2 Å². The molecule has 1 aliphatic heterocycles. The van der Waals surface area contributed by atoms with Gasteiger partial charge in [-0.3, -0.25) is 4.79 Å². The van der Waals surface area contributed by atoms with Crippen LogP contribution < -0.4 is 10.4 Å². The fourth-order valence-electron chi connectivity index (χ4n) is 5.10. The van der Waals surface area contributed by atoms with E-state index >= 15 is 0 Å². The predicted octanol–water partition coefficient (Wildman–Crippen LogP) is 4.28. The van der Waals surface area contributed by atoms with E-state index < -0.39 is 20.4 Å². The lowest BCUT2D eigenvalue weighted by Gasteiger charge is -2.43. The Labute approximate surface area is 204 Å². The van der Waals surface area contributed by atoms with Gasteiger partial charge in [-0.2, -0.15) is 0 Å². The number of aliphatic carboxylic acids is 1. The third-order valence-electron chi connectivity index (χ3n) is 6.54. The van der Waals surface area contributed by atoms with Crippen molar-refractivity contribution in [1.29, 1.82) is 0 Å². The van der Waals surface area contributed by atoms with Crippen LogP contribution in [-0.4, -0.2) is 49.4 Å². The number of rotatable bonds is 10. The molecule has 34 heavy (non-hydrogen) atoms. The van der Waals surface area contributed by atoms with Crippen LogP contribution in [0.25, 0.3) is 0 Å². The molecular weight excluding hydrogens is 444 g/mol. The van der Waals surface area contributed by atoms with Gasteiger partial charge in [0.2, 0.25) is 0 Å². The minimum absolute atomic E-state index is 0.0542. The standard InChI is InChI=1S/C28H38O5Si/c1-21-17-23(33-24(18-21)19-22(29)20-27(30)31)15-16-32-34(28(2,3)4,25-11-7-5-8-12-25)26-13-9-6-10-14-26/h5-14,22-24,29H,1,15-20H2,2-4H3,(H,30,31)/t22-,23+,24-/m1/s1. The topological polar surface area (TPSA) is 76.0 Å². The maximum Gasteiger partial charge on any atom is 0.305 e. The molecule has 1 saturated heterocycles. The van der Waals surface area contributed by atoms with Crippen LogP contribution in [0.2, 0.25) is 5.04 Å². The molecule has 3 atom stereocenters. The maximum atomic E-state index is 10.9. The van der Waals surface area contributed by atoms with E-state index in [1.165, 1.54) is 10.4 Å². The van der Waals surface area contributed by atoms with Gasteiger partial charge in [0.05, 0.1) is 24.7 Å². The van der Waals surface area contributed by atoms with Gasteiger partial charge in [0.1, 0.15) is 0 Å². The van der Waals surface area contributed by atoms with Gasteiger partial charge in [-0.1, -0.05) is 93.6 Å². The average Bonchev–Trinajstić information content (AvgIpc) is 2.76. The van der Waals surface area contributed by atoms with Crippen LogP contribution in [0, 0.1) is 0 Å². The zero-order valence-electron chi connectivity index (χ0n) is 20.6. The summed E-state index contributed by atoms with van der Waals surface area (Å²) < 4.78 is 13.2. The van der Waals surface area contributed by atoms with E-state index in [0.717, 1.165) is 18.4 Å². The number of hydrogen-bond acceptors (Lipinski definition) is 4. The predicted molar refractivity (Wildman–Crippen MR) is 138 cm³/mol. The van der Waals surface area contributed by atoms with Gasteiger partial charge >= 0.3 is 5.97 Å². The monoisotopic (exact) mass is 482 g/mol. The van der Waals surface area contributed by atoms with Gasteiger partial charge in [-0.25, -0.2) is 0 Å². The first-order chi connectivity index (χ1) is 16.1. The maximum absolute atomic E-state index is 10.9. The zero-order valence-corrected chi connectivity index (χ0v) is 21.6. The second-order valence-electron chi connectivity index (χ2n) is 10.3. The number of carboxylic acid groups (broad SMARTS) is 1. The Morgan fingerprint density at radius 3 is 2.09 bits per heavy atom. The highest BCUT2D eigenvalue weighted by molar-refractivity contribution is 6.99. The molecule has 184 valence electrons. The van der Waals surface area contributed by atoms with Crippen molar-refractivity contribution in [3.05, 3.63) is 72.8 Å². The van der Waals surface area contributed by atoms with E-state index in [1.54, 1.807) is 0 Å². The lowest BCUT2D eigenvalue weighted by Crippen LogP contribution is -2.66. The molecule has 2 aromatic carbocycles. The van der Waals surface area contributed by atoms with E-state index in [2.05, 4.69) is 75.9 Å². The second-order valence-corrected chi connectivity index (χ2v) is 14.6. The first kappa shape index (κ1) is 26.4. The molecule has 0 amide bonds. The molecular formula is C28H38O5Si. The van der Waals surface area contributed by atoms with E-state index in [-0.39, 0.29) is 23.7 Å². The molecule has 0 bridgehead atoms. The summed E-state index contributed by atoms with van der Waals surface area (Å²) in [5.74, 6) is -1.00. The minimum Gasteiger partial charge on any atom is -0.481 e. The fraction of sp³-hybridized carbons (Fsp3) is 0.464. The van der Waals surface area contributed by atoms with Crippen LogP contribution in [0.4, 0.5) is 0 Å². The van der Waals surface area contributed by atoms with Crippen LogP contribution in [0.5, 0.6) is 0 Å². The molecule has 0 spiro atoms. The minimum atomic E-state index is -2.60. The number of hydrogen-bond donors (Lipinski definition) is 2. The summed E-state index contributed by atoms with van der Waals surface area (Å²) >= 11 is 0. The zero-order chi connectivity index (χ0) is 24.8. The van der Waals surface area contributed by atoms with Gasteiger partial charge in [-0.15, -0.1) is 0 Å². The summed E-state index contributed by atoms with van der Waals surface area (Å²) in [6, 6.07) is 21.1. The van der Waals surface area contributed by atoms with Crippen molar-refractivity contribution in [1.82, 2.24) is 0 Å². The Kier molecular flexibility index (Phi) is 8.87. The first-order valence-electron chi connectivity index (χ1n) is 12.1. The average molecular weight is 483 g/mol. The number of benzene rings is 2. The quantitative estimate of drug-likeness (QED) is 0.390. The first-order valence-corrected chi connectivity index (χ1v) is 14.0.